The third kappa shape index (κ3) is 1.40. The molecule has 3 nitrogen and oxygen atoms in total. The molecule has 0 saturated heterocycles. The zero-order chi connectivity index (χ0) is 12.5. The van der Waals surface area contributed by atoms with Crippen LogP contribution in [0.2, 0.25) is 0 Å². The summed E-state index contributed by atoms with van der Waals surface area (Å²) < 4.78 is 26.4. The summed E-state index contributed by atoms with van der Waals surface area (Å²) in [6.45, 7) is 2.61. The molecule has 1 aliphatic heterocycles. The lowest BCUT2D eigenvalue weighted by molar-refractivity contribution is 0.155. The van der Waals surface area contributed by atoms with E-state index < -0.39 is 13.3 Å². The average molecular weight is 193 g/mol. The number of nitrogens with zero attached hydrogens (tertiary/aromatic N) is 2. The van der Waals surface area contributed by atoms with Crippen molar-refractivity contribution < 1.29 is 8.85 Å². The van der Waals surface area contributed by atoms with Crippen LogP contribution in [0, 0.1) is 0 Å². The molecule has 1 atom stereocenters. The second kappa shape index (κ2) is 3.80. The Bertz CT molecular complexity index is 431. The van der Waals surface area contributed by atoms with Gasteiger partial charge >= 0.3 is 0 Å². The van der Waals surface area contributed by atoms with Crippen LogP contribution in [0.15, 0.2) is 29.3 Å². The van der Waals surface area contributed by atoms with E-state index in [1.807, 2.05) is 36.1 Å². The van der Waals surface area contributed by atoms with Crippen LogP contribution in [0.25, 0.3) is 0 Å². The maximum absolute atomic E-state index is 7.14. The van der Waals surface area contributed by atoms with Gasteiger partial charge in [0.1, 0.15) is 0 Å². The average Bonchev–Trinajstić information content (AvgIpc) is 2.27. The number of ether oxygens (including phenoxy) is 1. The van der Waals surface area contributed by atoms with Crippen molar-refractivity contribution in [3.8, 4) is 0 Å². The lowest BCUT2D eigenvalue weighted by Gasteiger charge is -2.32. The lowest BCUT2D eigenvalue weighted by Crippen LogP contribution is -2.39. The molecule has 0 saturated carbocycles. The van der Waals surface area contributed by atoms with Crippen molar-refractivity contribution >= 4 is 17.6 Å². The summed E-state index contributed by atoms with van der Waals surface area (Å²) in [7, 11) is -2.42. The Morgan fingerprint density at radius 2 is 2.43 bits per heavy atom. The second-order valence-electron chi connectivity index (χ2n) is 3.06. The van der Waals surface area contributed by atoms with Crippen LogP contribution in [-0.2, 0) is 4.74 Å². The van der Waals surface area contributed by atoms with Gasteiger partial charge in [-0.15, -0.1) is 0 Å². The molecule has 3 heteroatoms. The first kappa shape index (κ1) is 6.19. The minimum atomic E-state index is -2.42. The highest BCUT2D eigenvalue weighted by Crippen LogP contribution is 2.32. The van der Waals surface area contributed by atoms with Gasteiger partial charge in [0.15, 0.2) is 6.23 Å². The van der Waals surface area contributed by atoms with Crippen molar-refractivity contribution in [2.75, 3.05) is 18.5 Å². The molecule has 74 valence electrons. The van der Waals surface area contributed by atoms with E-state index in [1.54, 1.807) is 0 Å². The van der Waals surface area contributed by atoms with Crippen molar-refractivity contribution in [1.82, 2.24) is 0 Å². The van der Waals surface area contributed by atoms with E-state index in [0.29, 0.717) is 6.54 Å². The van der Waals surface area contributed by atoms with Gasteiger partial charge in [0.05, 0.1) is 21.7 Å². The van der Waals surface area contributed by atoms with Gasteiger partial charge in [0, 0.05) is 13.6 Å². The molecule has 14 heavy (non-hydrogen) atoms. The largest absolute Gasteiger partial charge is 0.356 e. The van der Waals surface area contributed by atoms with Crippen molar-refractivity contribution in [1.29, 1.82) is 0 Å². The summed E-state index contributed by atoms with van der Waals surface area (Å²) in [5, 5.41) is 0. The Morgan fingerprint density at radius 1 is 1.57 bits per heavy atom. The highest BCUT2D eigenvalue weighted by atomic mass is 16.5. The number of aliphatic imine (C=N–C) groups is 1. The van der Waals surface area contributed by atoms with Crippen molar-refractivity contribution in [2.24, 2.45) is 4.99 Å². The number of hydrogen-bond acceptors (Lipinski definition) is 3. The van der Waals surface area contributed by atoms with E-state index in [2.05, 4.69) is 4.99 Å². The third-order valence-electron chi connectivity index (χ3n) is 2.30. The summed E-state index contributed by atoms with van der Waals surface area (Å²) in [6.07, 6.45) is 0.889. The van der Waals surface area contributed by atoms with E-state index in [1.165, 1.54) is 6.21 Å². The first-order valence-corrected chi connectivity index (χ1v) is 4.59. The number of para-hydroxylation sites is 2. The molecular formula is C11H14N2O. The van der Waals surface area contributed by atoms with E-state index in [4.69, 9.17) is 8.85 Å². The monoisotopic (exact) mass is 193 g/mol. The smallest absolute Gasteiger partial charge is 0.166 e. The molecule has 0 aliphatic carbocycles. The normalized spacial score (nSPS) is 23.6. The van der Waals surface area contributed by atoms with Gasteiger partial charge in [-0.3, -0.25) is 4.99 Å². The van der Waals surface area contributed by atoms with Crippen molar-refractivity contribution in [3.05, 3.63) is 24.3 Å². The molecule has 0 aromatic heterocycles. The highest BCUT2D eigenvalue weighted by Gasteiger charge is 2.20. The van der Waals surface area contributed by atoms with Crippen LogP contribution in [0.1, 0.15) is 11.0 Å². The van der Waals surface area contributed by atoms with Crippen LogP contribution in [0.3, 0.4) is 0 Å². The van der Waals surface area contributed by atoms with Crippen LogP contribution >= 0.6 is 0 Å². The second-order valence-corrected chi connectivity index (χ2v) is 3.06. The standard InChI is InChI=1S/C11H14N2O/c1-3-13-10-7-5-4-6-9(10)12-8-11(13)14-2/h4-8,11H,3H2,1-2H3/i2D3. The van der Waals surface area contributed by atoms with E-state index >= 15 is 0 Å². The molecule has 1 aromatic rings. The van der Waals surface area contributed by atoms with Crippen molar-refractivity contribution in [2.45, 2.75) is 13.2 Å². The predicted molar refractivity (Wildman–Crippen MR) is 58.4 cm³/mol. The van der Waals surface area contributed by atoms with Crippen LogP contribution in [0.4, 0.5) is 11.4 Å². The van der Waals surface area contributed by atoms with Gasteiger partial charge in [0.25, 0.3) is 0 Å². The summed E-state index contributed by atoms with van der Waals surface area (Å²) in [5.74, 6) is 0. The third-order valence-corrected chi connectivity index (χ3v) is 2.30. The van der Waals surface area contributed by atoms with Crippen LogP contribution in [-0.4, -0.2) is 26.0 Å². The number of methoxy groups -OCH3 is 1. The fourth-order valence-electron chi connectivity index (χ4n) is 1.62. The molecule has 0 N–H and O–H groups in total. The number of benzene rings is 1. The van der Waals surface area contributed by atoms with Gasteiger partial charge < -0.3 is 9.64 Å². The van der Waals surface area contributed by atoms with E-state index in [-0.39, 0.29) is 0 Å². The van der Waals surface area contributed by atoms with Gasteiger partial charge in [-0.25, -0.2) is 0 Å². The summed E-state index contributed by atoms with van der Waals surface area (Å²) in [6, 6.07) is 7.59. The Balaban J connectivity index is 2.29. The minimum Gasteiger partial charge on any atom is -0.356 e. The van der Waals surface area contributed by atoms with E-state index in [9.17, 15) is 0 Å². The number of hydrogen-bond donors (Lipinski definition) is 0. The van der Waals surface area contributed by atoms with Crippen LogP contribution in [0.5, 0.6) is 0 Å². The first-order chi connectivity index (χ1) is 8.01. The number of anilines is 1. The minimum absolute atomic E-state index is 0.637. The molecule has 1 unspecified atom stereocenters. The predicted octanol–water partition coefficient (Wildman–Crippen LogP) is 2.20. The zero-order valence-corrected chi connectivity index (χ0v) is 7.97. The topological polar surface area (TPSA) is 24.8 Å². The van der Waals surface area contributed by atoms with E-state index in [0.717, 1.165) is 11.4 Å². The number of rotatable bonds is 2. The zero-order valence-electron chi connectivity index (χ0n) is 11.0. The Morgan fingerprint density at radius 3 is 3.21 bits per heavy atom. The van der Waals surface area contributed by atoms with Gasteiger partial charge in [-0.05, 0) is 19.1 Å². The molecule has 2 rings (SSSR count). The fourth-order valence-corrected chi connectivity index (χ4v) is 1.62. The van der Waals surface area contributed by atoms with Gasteiger partial charge in [-0.2, -0.15) is 0 Å². The van der Waals surface area contributed by atoms with Gasteiger partial charge in [0.2, 0.25) is 0 Å². The quantitative estimate of drug-likeness (QED) is 0.719. The van der Waals surface area contributed by atoms with Gasteiger partial charge in [-0.1, -0.05) is 12.1 Å². The Labute approximate surface area is 88.2 Å². The number of fused-ring (bicyclic) bond motifs is 1. The molecule has 0 amide bonds. The fraction of sp³-hybridized carbons (Fsp3) is 0.364. The molecule has 0 bridgehead atoms. The molecule has 0 fully saturated rings. The maximum atomic E-state index is 7.14. The highest BCUT2D eigenvalue weighted by molar-refractivity contribution is 5.83. The first-order valence-electron chi connectivity index (χ1n) is 6.09. The molecule has 1 heterocycles. The summed E-state index contributed by atoms with van der Waals surface area (Å²) in [5.41, 5.74) is 1.73. The summed E-state index contributed by atoms with van der Waals surface area (Å²) >= 11 is 0. The SMILES string of the molecule is [2H]C([2H])([2H])OC1C=Nc2ccccc2N1CC. The van der Waals surface area contributed by atoms with Crippen LogP contribution < -0.4 is 4.90 Å². The Kier molecular flexibility index (Phi) is 1.68. The maximum Gasteiger partial charge on any atom is 0.166 e. The Hall–Kier alpha value is -1.35. The van der Waals surface area contributed by atoms with Crippen molar-refractivity contribution in [3.63, 3.8) is 0 Å². The lowest BCUT2D eigenvalue weighted by atomic mass is 10.2. The molecular weight excluding hydrogens is 176 g/mol. The molecule has 1 aromatic carbocycles. The summed E-state index contributed by atoms with van der Waals surface area (Å²) in [4.78, 5) is 6.08. The molecule has 0 radical (unpaired) electrons. The molecule has 0 spiro atoms. The molecule has 1 aliphatic rings.